The molecule has 2 aliphatic rings. The van der Waals surface area contributed by atoms with Crippen LogP contribution >= 0.6 is 39.5 Å². The summed E-state index contributed by atoms with van der Waals surface area (Å²) in [6.45, 7) is 2.06. The molecular weight excluding hydrogens is 444 g/mol. The molecule has 0 spiro atoms. The van der Waals surface area contributed by atoms with Crippen molar-refractivity contribution >= 4 is 57.0 Å². The number of nitrogens with zero attached hydrogens (tertiary/aromatic N) is 1. The number of amides is 2. The Bertz CT molecular complexity index is 873. The van der Waals surface area contributed by atoms with Crippen LogP contribution in [0.1, 0.15) is 19.8 Å². The van der Waals surface area contributed by atoms with Crippen LogP contribution in [0.2, 0.25) is 0 Å². The molecule has 2 aliphatic heterocycles. The summed E-state index contributed by atoms with van der Waals surface area (Å²) in [7, 11) is 0. The molecule has 2 aromatic rings. The van der Waals surface area contributed by atoms with Crippen LogP contribution < -0.4 is 5.32 Å². The summed E-state index contributed by atoms with van der Waals surface area (Å²) in [6, 6.07) is 15.6. The van der Waals surface area contributed by atoms with Gasteiger partial charge < -0.3 is 10.2 Å². The number of benzene rings is 2. The molecule has 2 heterocycles. The van der Waals surface area contributed by atoms with E-state index in [1.165, 1.54) is 0 Å². The van der Waals surface area contributed by atoms with Crippen molar-refractivity contribution in [1.29, 1.82) is 0 Å². The summed E-state index contributed by atoms with van der Waals surface area (Å²) in [5, 5.41) is 2.97. The van der Waals surface area contributed by atoms with E-state index < -0.39 is 0 Å². The molecule has 4 nitrogen and oxygen atoms in total. The first-order chi connectivity index (χ1) is 12.9. The zero-order chi connectivity index (χ0) is 19.0. The lowest BCUT2D eigenvalue weighted by Crippen LogP contribution is -2.48. The fourth-order valence-corrected chi connectivity index (χ4v) is 6.00. The average Bonchev–Trinajstić information content (AvgIpc) is 3.15. The lowest BCUT2D eigenvalue weighted by Gasteiger charge is -2.29. The van der Waals surface area contributed by atoms with Crippen LogP contribution in [-0.2, 0) is 9.59 Å². The maximum absolute atomic E-state index is 12.7. The van der Waals surface area contributed by atoms with Gasteiger partial charge in [-0.25, -0.2) is 0 Å². The highest BCUT2D eigenvalue weighted by Crippen LogP contribution is 2.47. The van der Waals surface area contributed by atoms with Gasteiger partial charge in [0.15, 0.2) is 0 Å². The fraction of sp³-hybridized carbons (Fsp3) is 0.300. The van der Waals surface area contributed by atoms with Gasteiger partial charge in [0, 0.05) is 32.1 Å². The van der Waals surface area contributed by atoms with Crippen molar-refractivity contribution < 1.29 is 9.59 Å². The highest BCUT2D eigenvalue weighted by Gasteiger charge is 2.52. The second kappa shape index (κ2) is 7.53. The number of hydrogen-bond acceptors (Lipinski definition) is 4. The minimum atomic E-state index is -0.383. The number of rotatable bonds is 4. The van der Waals surface area contributed by atoms with Crippen LogP contribution in [0.3, 0.4) is 0 Å². The first kappa shape index (κ1) is 18.9. The second-order valence-corrected chi connectivity index (χ2v) is 10.4. The van der Waals surface area contributed by atoms with Crippen LogP contribution in [-0.4, -0.2) is 33.4 Å². The maximum atomic E-state index is 12.7. The highest BCUT2D eigenvalue weighted by atomic mass is 79.9. The van der Waals surface area contributed by atoms with E-state index in [1.807, 2.05) is 36.4 Å². The number of halogens is 1. The third-order valence-electron chi connectivity index (χ3n) is 4.92. The average molecular weight is 463 g/mol. The van der Waals surface area contributed by atoms with Gasteiger partial charge in [0.05, 0.1) is 4.87 Å². The molecule has 2 atom stereocenters. The van der Waals surface area contributed by atoms with E-state index in [-0.39, 0.29) is 22.7 Å². The van der Waals surface area contributed by atoms with Crippen molar-refractivity contribution in [3.63, 3.8) is 0 Å². The Morgan fingerprint density at radius 2 is 1.81 bits per heavy atom. The lowest BCUT2D eigenvalue weighted by atomic mass is 10.2. The first-order valence-electron chi connectivity index (χ1n) is 8.75. The van der Waals surface area contributed by atoms with Gasteiger partial charge in [-0.05, 0) is 61.9 Å². The number of carbonyl (C=O) groups is 2. The van der Waals surface area contributed by atoms with Crippen molar-refractivity contribution in [2.75, 3.05) is 11.1 Å². The summed E-state index contributed by atoms with van der Waals surface area (Å²) < 4.78 is 1.06. The Morgan fingerprint density at radius 1 is 1.19 bits per heavy atom. The smallest absolute Gasteiger partial charge is 0.248 e. The molecule has 2 fully saturated rings. The predicted molar refractivity (Wildman–Crippen MR) is 114 cm³/mol. The highest BCUT2D eigenvalue weighted by molar-refractivity contribution is 9.10. The van der Waals surface area contributed by atoms with Crippen molar-refractivity contribution in [3.8, 4) is 0 Å². The van der Waals surface area contributed by atoms with Gasteiger partial charge in [-0.2, -0.15) is 0 Å². The number of fused-ring (bicyclic) bond motifs is 1. The Labute approximate surface area is 175 Å². The van der Waals surface area contributed by atoms with Crippen LogP contribution in [0.15, 0.2) is 62.8 Å². The van der Waals surface area contributed by atoms with E-state index in [0.717, 1.165) is 26.4 Å². The number of anilines is 1. The van der Waals surface area contributed by atoms with E-state index in [0.29, 0.717) is 12.2 Å². The third kappa shape index (κ3) is 3.91. The minimum Gasteiger partial charge on any atom is -0.324 e. The monoisotopic (exact) mass is 462 g/mol. The maximum Gasteiger partial charge on any atom is 0.248 e. The number of carbonyl (C=O) groups excluding carboxylic acids is 2. The summed E-state index contributed by atoms with van der Waals surface area (Å²) >= 11 is 6.82. The van der Waals surface area contributed by atoms with Crippen LogP contribution in [0.4, 0.5) is 5.69 Å². The summed E-state index contributed by atoms with van der Waals surface area (Å²) in [6.07, 6.45) is 1.36. The fourth-order valence-electron chi connectivity index (χ4n) is 3.49. The molecule has 0 bridgehead atoms. The molecule has 140 valence electrons. The van der Waals surface area contributed by atoms with Crippen LogP contribution in [0.25, 0.3) is 0 Å². The van der Waals surface area contributed by atoms with E-state index in [9.17, 15) is 9.59 Å². The molecule has 7 heteroatoms. The molecule has 1 N–H and O–H groups in total. The molecule has 0 aromatic heterocycles. The second-order valence-electron chi connectivity index (χ2n) is 6.84. The van der Waals surface area contributed by atoms with Crippen molar-refractivity contribution in [2.24, 2.45) is 0 Å². The molecule has 0 saturated carbocycles. The number of nitrogens with one attached hydrogen (secondary N) is 1. The Kier molecular flexibility index (Phi) is 5.27. The SMILES string of the molecule is CC12CCC(=O)N1C(C(=O)Nc1ccc(Sc3ccc(Br)cc3)cc1)CS2. The molecule has 27 heavy (non-hydrogen) atoms. The summed E-state index contributed by atoms with van der Waals surface area (Å²) in [5.41, 5.74) is 0.755. The van der Waals surface area contributed by atoms with Gasteiger partial charge in [-0.3, -0.25) is 9.59 Å². The van der Waals surface area contributed by atoms with Gasteiger partial charge in [-0.1, -0.05) is 27.7 Å². The zero-order valence-electron chi connectivity index (χ0n) is 14.8. The molecule has 2 aromatic carbocycles. The Morgan fingerprint density at radius 3 is 2.48 bits per heavy atom. The van der Waals surface area contributed by atoms with Gasteiger partial charge in [0.2, 0.25) is 11.8 Å². The van der Waals surface area contributed by atoms with E-state index in [2.05, 4.69) is 40.3 Å². The standard InChI is InChI=1S/C20H19BrN2O2S2/c1-20-11-10-18(24)23(20)17(12-26-20)19(25)22-14-4-8-16(9-5-14)27-15-6-2-13(21)3-7-15/h2-9,17H,10-12H2,1H3,(H,22,25). The van der Waals surface area contributed by atoms with E-state index in [4.69, 9.17) is 0 Å². The normalized spacial score (nSPS) is 24.1. The minimum absolute atomic E-state index is 0.0869. The van der Waals surface area contributed by atoms with Crippen LogP contribution in [0, 0.1) is 0 Å². The molecule has 0 aliphatic carbocycles. The summed E-state index contributed by atoms with van der Waals surface area (Å²) in [4.78, 5) is 28.7. The third-order valence-corrected chi connectivity index (χ3v) is 7.97. The van der Waals surface area contributed by atoms with Crippen LogP contribution in [0.5, 0.6) is 0 Å². The van der Waals surface area contributed by atoms with Crippen molar-refractivity contribution in [1.82, 2.24) is 4.90 Å². The first-order valence-corrected chi connectivity index (χ1v) is 11.3. The van der Waals surface area contributed by atoms with E-state index in [1.54, 1.807) is 28.4 Å². The summed E-state index contributed by atoms with van der Waals surface area (Å²) in [5.74, 6) is 0.643. The topological polar surface area (TPSA) is 49.4 Å². The largest absolute Gasteiger partial charge is 0.324 e. The number of hydrogen-bond donors (Lipinski definition) is 1. The van der Waals surface area contributed by atoms with Gasteiger partial charge in [-0.15, -0.1) is 11.8 Å². The van der Waals surface area contributed by atoms with Gasteiger partial charge >= 0.3 is 0 Å². The van der Waals surface area contributed by atoms with Gasteiger partial charge in [0.25, 0.3) is 0 Å². The lowest BCUT2D eigenvalue weighted by molar-refractivity contribution is -0.135. The van der Waals surface area contributed by atoms with Crippen molar-refractivity contribution in [3.05, 3.63) is 53.0 Å². The Balaban J connectivity index is 1.40. The predicted octanol–water partition coefficient (Wildman–Crippen LogP) is 4.99. The molecule has 2 amide bonds. The molecule has 2 saturated heterocycles. The quantitative estimate of drug-likeness (QED) is 0.694. The number of thioether (sulfide) groups is 1. The molecule has 0 radical (unpaired) electrons. The van der Waals surface area contributed by atoms with E-state index >= 15 is 0 Å². The van der Waals surface area contributed by atoms with Gasteiger partial charge in [0.1, 0.15) is 6.04 Å². The van der Waals surface area contributed by atoms with Crippen molar-refractivity contribution in [2.45, 2.75) is 40.5 Å². The molecule has 4 rings (SSSR count). The molecular formula is C20H19BrN2O2S2. The molecule has 2 unspecified atom stereocenters. The Hall–Kier alpha value is -1.44. The zero-order valence-corrected chi connectivity index (χ0v) is 18.0.